The van der Waals surface area contributed by atoms with E-state index in [1.807, 2.05) is 54.7 Å². The van der Waals surface area contributed by atoms with Crippen LogP contribution in [-0.2, 0) is 0 Å². The van der Waals surface area contributed by atoms with Gasteiger partial charge in [-0.2, -0.15) is 10.4 Å². The van der Waals surface area contributed by atoms with Gasteiger partial charge >= 0.3 is 0 Å². The minimum absolute atomic E-state index is 0.0528. The quantitative estimate of drug-likeness (QED) is 0.423. The molecule has 0 saturated carbocycles. The van der Waals surface area contributed by atoms with Gasteiger partial charge in [-0.05, 0) is 30.3 Å². The van der Waals surface area contributed by atoms with Crippen LogP contribution in [0.15, 0.2) is 66.4 Å². The van der Waals surface area contributed by atoms with Gasteiger partial charge in [0.1, 0.15) is 11.1 Å². The maximum absolute atomic E-state index is 9.25. The first-order valence-corrected chi connectivity index (χ1v) is 8.20. The van der Waals surface area contributed by atoms with E-state index in [-0.39, 0.29) is 10.6 Å². The van der Waals surface area contributed by atoms with Crippen LogP contribution in [0.25, 0.3) is 23.0 Å². The number of hydrogen-bond acceptors (Lipinski definition) is 3. The number of nitrogens with two attached hydrogens (primary N) is 1. The smallest absolute Gasteiger partial charge is 0.114 e. The first-order valence-electron chi connectivity index (χ1n) is 7.41. The summed E-state index contributed by atoms with van der Waals surface area (Å²) in [4.78, 5) is 0.0528. The van der Waals surface area contributed by atoms with Gasteiger partial charge in [-0.15, -0.1) is 0 Å². The third-order valence-electron chi connectivity index (χ3n) is 3.57. The average Bonchev–Trinajstić information content (AvgIpc) is 3.04. The van der Waals surface area contributed by atoms with E-state index < -0.39 is 0 Å². The average molecular weight is 365 g/mol. The molecular weight excluding hydrogens is 352 g/mol. The molecule has 0 fully saturated rings. The molecule has 2 N–H and O–H groups in total. The molecule has 3 aromatic rings. The van der Waals surface area contributed by atoms with Crippen LogP contribution >= 0.6 is 23.8 Å². The number of hydrogen-bond donors (Lipinski definition) is 1. The third-order valence-corrected chi connectivity index (χ3v) is 4.04. The Hall–Kier alpha value is -2.94. The summed E-state index contributed by atoms with van der Waals surface area (Å²) >= 11 is 10.9. The first-order chi connectivity index (χ1) is 12.1. The largest absolute Gasteiger partial charge is 0.389 e. The summed E-state index contributed by atoms with van der Waals surface area (Å²) in [5, 5.41) is 14.6. The maximum Gasteiger partial charge on any atom is 0.114 e. The number of halogens is 1. The SMILES string of the molecule is N#CC(=Cc1cn(-c2ccccc2)nc1-c1ccc(Cl)cc1)C(N)=S. The Bertz CT molecular complexity index is 983. The van der Waals surface area contributed by atoms with E-state index in [0.29, 0.717) is 10.7 Å². The van der Waals surface area contributed by atoms with E-state index in [4.69, 9.17) is 29.6 Å². The Labute approximate surface area is 155 Å². The van der Waals surface area contributed by atoms with E-state index in [1.54, 1.807) is 22.9 Å². The Morgan fingerprint density at radius 1 is 1.16 bits per heavy atom. The van der Waals surface area contributed by atoms with Crippen LogP contribution in [0.2, 0.25) is 5.02 Å². The zero-order valence-electron chi connectivity index (χ0n) is 13.1. The van der Waals surface area contributed by atoms with Gasteiger partial charge in [0.2, 0.25) is 0 Å². The van der Waals surface area contributed by atoms with Crippen LogP contribution in [0.4, 0.5) is 0 Å². The molecule has 25 heavy (non-hydrogen) atoms. The highest BCUT2D eigenvalue weighted by atomic mass is 35.5. The molecule has 0 unspecified atom stereocenters. The van der Waals surface area contributed by atoms with Gasteiger partial charge in [-0.1, -0.05) is 54.2 Å². The van der Waals surface area contributed by atoms with Crippen molar-refractivity contribution >= 4 is 34.9 Å². The summed E-state index contributed by atoms with van der Waals surface area (Å²) < 4.78 is 1.75. The zero-order valence-corrected chi connectivity index (χ0v) is 14.6. The Morgan fingerprint density at radius 2 is 1.84 bits per heavy atom. The third kappa shape index (κ3) is 3.77. The molecule has 4 nitrogen and oxygen atoms in total. The molecule has 0 amide bonds. The Balaban J connectivity index is 2.18. The number of nitriles is 1. The van der Waals surface area contributed by atoms with Crippen LogP contribution in [0.3, 0.4) is 0 Å². The van der Waals surface area contributed by atoms with E-state index in [0.717, 1.165) is 16.8 Å². The highest BCUT2D eigenvalue weighted by Crippen LogP contribution is 2.27. The topological polar surface area (TPSA) is 67.6 Å². The zero-order chi connectivity index (χ0) is 17.8. The van der Waals surface area contributed by atoms with Gasteiger partial charge in [0.15, 0.2) is 0 Å². The van der Waals surface area contributed by atoms with Crippen LogP contribution < -0.4 is 5.73 Å². The van der Waals surface area contributed by atoms with Gasteiger partial charge in [0, 0.05) is 22.3 Å². The number of rotatable bonds is 4. The molecule has 2 aromatic carbocycles. The number of aromatic nitrogens is 2. The molecule has 1 aromatic heterocycles. The molecule has 122 valence electrons. The summed E-state index contributed by atoms with van der Waals surface area (Å²) in [5.41, 5.74) is 9.10. The van der Waals surface area contributed by atoms with Crippen molar-refractivity contribution in [1.82, 2.24) is 9.78 Å². The molecule has 0 radical (unpaired) electrons. The van der Waals surface area contributed by atoms with Crippen LogP contribution in [0, 0.1) is 11.3 Å². The van der Waals surface area contributed by atoms with Crippen LogP contribution in [0.5, 0.6) is 0 Å². The molecule has 0 aliphatic rings. The normalized spacial score (nSPS) is 11.1. The molecule has 1 heterocycles. The summed E-state index contributed by atoms with van der Waals surface area (Å²) in [6, 6.07) is 19.1. The van der Waals surface area contributed by atoms with E-state index in [1.165, 1.54) is 0 Å². The highest BCUT2D eigenvalue weighted by molar-refractivity contribution is 7.80. The standard InChI is InChI=1S/C19H13ClN4S/c20-16-8-6-13(7-9-16)18-15(10-14(11-21)19(22)25)12-24(23-18)17-4-2-1-3-5-17/h1-10,12H,(H2,22,25). The van der Waals surface area contributed by atoms with Crippen molar-refractivity contribution in [3.8, 4) is 23.0 Å². The maximum atomic E-state index is 9.25. The fourth-order valence-corrected chi connectivity index (χ4v) is 2.58. The number of thiocarbonyl (C=S) groups is 1. The van der Waals surface area contributed by atoms with Crippen molar-refractivity contribution < 1.29 is 0 Å². The summed E-state index contributed by atoms with van der Waals surface area (Å²) in [6.45, 7) is 0. The second kappa shape index (κ2) is 7.31. The minimum atomic E-state index is 0.0528. The lowest BCUT2D eigenvalue weighted by molar-refractivity contribution is 0.884. The molecular formula is C19H13ClN4S. The van der Waals surface area contributed by atoms with Crippen LogP contribution in [-0.4, -0.2) is 14.8 Å². The van der Waals surface area contributed by atoms with Crippen molar-refractivity contribution in [2.75, 3.05) is 0 Å². The first kappa shape index (κ1) is 16.9. The number of para-hydroxylation sites is 1. The van der Waals surface area contributed by atoms with Gasteiger partial charge in [-0.3, -0.25) is 0 Å². The predicted octanol–water partition coefficient (Wildman–Crippen LogP) is 4.39. The van der Waals surface area contributed by atoms with E-state index >= 15 is 0 Å². The Kier molecular flexibility index (Phi) is 4.94. The van der Waals surface area contributed by atoms with Crippen molar-refractivity contribution in [3.05, 3.63) is 77.0 Å². The van der Waals surface area contributed by atoms with Crippen molar-refractivity contribution in [1.29, 1.82) is 5.26 Å². The molecule has 0 bridgehead atoms. The summed E-state index contributed by atoms with van der Waals surface area (Å²) in [5.74, 6) is 0. The molecule has 3 rings (SSSR count). The summed E-state index contributed by atoms with van der Waals surface area (Å²) in [6.07, 6.45) is 3.49. The molecule has 0 atom stereocenters. The Morgan fingerprint density at radius 3 is 2.44 bits per heavy atom. The highest BCUT2D eigenvalue weighted by Gasteiger charge is 2.12. The summed E-state index contributed by atoms with van der Waals surface area (Å²) in [7, 11) is 0. The number of nitrogens with zero attached hydrogens (tertiary/aromatic N) is 3. The lowest BCUT2D eigenvalue weighted by Gasteiger charge is -2.01. The van der Waals surface area contributed by atoms with Gasteiger partial charge in [-0.25, -0.2) is 4.68 Å². The molecule has 0 aliphatic carbocycles. The van der Waals surface area contributed by atoms with Crippen molar-refractivity contribution in [3.63, 3.8) is 0 Å². The molecule has 0 spiro atoms. The van der Waals surface area contributed by atoms with E-state index in [9.17, 15) is 5.26 Å². The van der Waals surface area contributed by atoms with Gasteiger partial charge in [0.25, 0.3) is 0 Å². The van der Waals surface area contributed by atoms with Crippen LogP contribution in [0.1, 0.15) is 5.56 Å². The van der Waals surface area contributed by atoms with Crippen molar-refractivity contribution in [2.45, 2.75) is 0 Å². The molecule has 6 heteroatoms. The predicted molar refractivity (Wildman–Crippen MR) is 104 cm³/mol. The second-order valence-corrected chi connectivity index (χ2v) is 6.13. The fourth-order valence-electron chi connectivity index (χ4n) is 2.35. The molecule has 0 aliphatic heterocycles. The number of benzene rings is 2. The minimum Gasteiger partial charge on any atom is -0.389 e. The monoisotopic (exact) mass is 364 g/mol. The lowest BCUT2D eigenvalue weighted by Crippen LogP contribution is -2.09. The van der Waals surface area contributed by atoms with Gasteiger partial charge in [0.05, 0.1) is 17.0 Å². The van der Waals surface area contributed by atoms with Gasteiger partial charge < -0.3 is 5.73 Å². The molecule has 0 saturated heterocycles. The second-order valence-electron chi connectivity index (χ2n) is 5.25. The van der Waals surface area contributed by atoms with Crippen molar-refractivity contribution in [2.24, 2.45) is 5.73 Å². The lowest BCUT2D eigenvalue weighted by atomic mass is 10.1. The van der Waals surface area contributed by atoms with E-state index in [2.05, 4.69) is 5.10 Å². The fraction of sp³-hybridized carbons (Fsp3) is 0.